The molecule has 1 aromatic carbocycles. The van der Waals surface area contributed by atoms with Crippen LogP contribution in [0.4, 0.5) is 0 Å². The summed E-state index contributed by atoms with van der Waals surface area (Å²) in [6.07, 6.45) is 1.04. The van der Waals surface area contributed by atoms with Gasteiger partial charge in [-0.1, -0.05) is 35.0 Å². The van der Waals surface area contributed by atoms with Crippen molar-refractivity contribution in [2.75, 3.05) is 5.75 Å². The number of benzene rings is 1. The number of thioether (sulfide) groups is 1. The van der Waals surface area contributed by atoms with Crippen LogP contribution >= 0.6 is 35.0 Å². The van der Waals surface area contributed by atoms with Crippen LogP contribution < -0.4 is 10.1 Å². The zero-order chi connectivity index (χ0) is 19.2. The first-order valence-corrected chi connectivity index (χ1v) is 9.62. The highest BCUT2D eigenvalue weighted by Crippen LogP contribution is 2.31. The average molecular weight is 428 g/mol. The fourth-order valence-electron chi connectivity index (χ4n) is 2.03. The Kier molecular flexibility index (Phi) is 6.65. The molecule has 1 N–H and O–H groups in total. The molecule has 0 saturated carbocycles. The van der Waals surface area contributed by atoms with Gasteiger partial charge in [0.05, 0.1) is 23.6 Å². The zero-order valence-corrected chi connectivity index (χ0v) is 16.5. The minimum Gasteiger partial charge on any atom is -0.479 e. The third kappa shape index (κ3) is 5.66. The Morgan fingerprint density at radius 1 is 1.33 bits per heavy atom. The van der Waals surface area contributed by atoms with Gasteiger partial charge >= 0.3 is 0 Å². The molecule has 0 fully saturated rings. The lowest BCUT2D eigenvalue weighted by molar-refractivity contribution is -0.118. The van der Waals surface area contributed by atoms with Crippen LogP contribution in [0.2, 0.25) is 10.0 Å². The minimum absolute atomic E-state index is 0.139. The lowest BCUT2D eigenvalue weighted by Crippen LogP contribution is -2.24. The Morgan fingerprint density at radius 3 is 2.93 bits per heavy atom. The van der Waals surface area contributed by atoms with Crippen LogP contribution in [-0.2, 0) is 11.3 Å². The molecule has 0 spiro atoms. The maximum absolute atomic E-state index is 11.8. The molecule has 0 aliphatic rings. The molecule has 7 nitrogen and oxygen atoms in total. The van der Waals surface area contributed by atoms with E-state index in [1.165, 1.54) is 0 Å². The van der Waals surface area contributed by atoms with Crippen LogP contribution in [0.25, 0.3) is 0 Å². The smallest absolute Gasteiger partial charge is 0.277 e. The summed E-state index contributed by atoms with van der Waals surface area (Å²) >= 11 is 13.1. The van der Waals surface area contributed by atoms with Crippen molar-refractivity contribution in [2.45, 2.75) is 24.8 Å². The summed E-state index contributed by atoms with van der Waals surface area (Å²) < 4.78 is 16.4. The van der Waals surface area contributed by atoms with E-state index in [0.717, 1.165) is 11.8 Å². The molecule has 1 atom stereocenters. The summed E-state index contributed by atoms with van der Waals surface area (Å²) in [7, 11) is 0. The van der Waals surface area contributed by atoms with E-state index in [1.807, 2.05) is 0 Å². The first-order valence-electron chi connectivity index (χ1n) is 7.88. The van der Waals surface area contributed by atoms with Gasteiger partial charge in [0.15, 0.2) is 6.10 Å². The normalized spacial score (nSPS) is 12.0. The van der Waals surface area contributed by atoms with Gasteiger partial charge in [-0.2, -0.15) is 0 Å². The van der Waals surface area contributed by atoms with Crippen LogP contribution in [0.5, 0.6) is 5.75 Å². The minimum atomic E-state index is -0.515. The van der Waals surface area contributed by atoms with Crippen molar-refractivity contribution < 1.29 is 18.4 Å². The number of carbonyl (C=O) groups is 1. The molecule has 3 aromatic rings. The predicted molar refractivity (Wildman–Crippen MR) is 101 cm³/mol. The summed E-state index contributed by atoms with van der Waals surface area (Å²) in [6.45, 7) is 2.08. The second-order valence-electron chi connectivity index (χ2n) is 5.39. The fraction of sp³-hybridized carbons (Fsp3) is 0.235. The third-order valence-electron chi connectivity index (χ3n) is 3.33. The van der Waals surface area contributed by atoms with Crippen molar-refractivity contribution in [1.29, 1.82) is 0 Å². The summed E-state index contributed by atoms with van der Waals surface area (Å²) in [5.74, 6) is 1.38. The first-order chi connectivity index (χ1) is 13.0. The van der Waals surface area contributed by atoms with Crippen molar-refractivity contribution in [3.05, 3.63) is 58.3 Å². The SMILES string of the molecule is C[C@@H](Oc1ccc(Cl)cc1Cl)c1nnc(SCC(=O)NCc2ccco2)o1. The van der Waals surface area contributed by atoms with Gasteiger partial charge in [0, 0.05) is 5.02 Å². The number of halogens is 2. The highest BCUT2D eigenvalue weighted by Gasteiger charge is 2.18. The van der Waals surface area contributed by atoms with Gasteiger partial charge in [-0.25, -0.2) is 0 Å². The lowest BCUT2D eigenvalue weighted by atomic mass is 10.3. The number of hydrogen-bond donors (Lipinski definition) is 1. The number of nitrogens with zero attached hydrogens (tertiary/aromatic N) is 2. The van der Waals surface area contributed by atoms with Crippen LogP contribution in [0.3, 0.4) is 0 Å². The number of nitrogens with one attached hydrogen (secondary N) is 1. The molecule has 142 valence electrons. The van der Waals surface area contributed by atoms with Crippen LogP contribution in [-0.4, -0.2) is 21.9 Å². The second kappa shape index (κ2) is 9.16. The Labute approximate surface area is 169 Å². The molecule has 10 heteroatoms. The van der Waals surface area contributed by atoms with Gasteiger partial charge in [0.1, 0.15) is 11.5 Å². The number of hydrogen-bond acceptors (Lipinski definition) is 7. The van der Waals surface area contributed by atoms with Gasteiger partial charge in [-0.3, -0.25) is 4.79 Å². The first kappa shape index (κ1) is 19.6. The fourth-order valence-corrected chi connectivity index (χ4v) is 3.08. The predicted octanol–water partition coefficient (Wildman–Crippen LogP) is 4.52. The monoisotopic (exact) mass is 427 g/mol. The Hall–Kier alpha value is -2.16. The number of furan rings is 1. The van der Waals surface area contributed by atoms with E-state index in [-0.39, 0.29) is 22.8 Å². The van der Waals surface area contributed by atoms with Crippen LogP contribution in [0.1, 0.15) is 24.7 Å². The van der Waals surface area contributed by atoms with E-state index >= 15 is 0 Å². The van der Waals surface area contributed by atoms with E-state index in [0.29, 0.717) is 28.1 Å². The molecule has 3 rings (SSSR count). The van der Waals surface area contributed by atoms with Gasteiger partial charge in [0.2, 0.25) is 5.91 Å². The Balaban J connectivity index is 1.49. The molecule has 27 heavy (non-hydrogen) atoms. The topological polar surface area (TPSA) is 90.4 Å². The number of ether oxygens (including phenoxy) is 1. The molecule has 0 aliphatic heterocycles. The third-order valence-corrected chi connectivity index (χ3v) is 4.68. The number of rotatable bonds is 8. The molecule has 2 aromatic heterocycles. The molecular weight excluding hydrogens is 413 g/mol. The number of carbonyl (C=O) groups excluding carboxylic acids is 1. The summed E-state index contributed by atoms with van der Waals surface area (Å²) in [6, 6.07) is 8.47. The van der Waals surface area contributed by atoms with E-state index in [1.54, 1.807) is 43.5 Å². The Morgan fingerprint density at radius 2 is 2.19 bits per heavy atom. The van der Waals surface area contributed by atoms with Crippen molar-refractivity contribution in [2.24, 2.45) is 0 Å². The van der Waals surface area contributed by atoms with E-state index in [9.17, 15) is 4.79 Å². The maximum Gasteiger partial charge on any atom is 0.277 e. The highest BCUT2D eigenvalue weighted by molar-refractivity contribution is 7.99. The van der Waals surface area contributed by atoms with Crippen molar-refractivity contribution in [3.8, 4) is 5.75 Å². The zero-order valence-electron chi connectivity index (χ0n) is 14.1. The quantitative estimate of drug-likeness (QED) is 0.528. The lowest BCUT2D eigenvalue weighted by Gasteiger charge is -2.12. The molecule has 0 radical (unpaired) electrons. The molecule has 1 amide bonds. The molecule has 0 aliphatic carbocycles. The van der Waals surface area contributed by atoms with Gasteiger partial charge in [-0.05, 0) is 37.3 Å². The summed E-state index contributed by atoms with van der Waals surface area (Å²) in [4.78, 5) is 11.8. The second-order valence-corrected chi connectivity index (χ2v) is 7.16. The standard InChI is InChI=1S/C17H15Cl2N3O4S/c1-10(25-14-5-4-11(18)7-13(14)19)16-21-22-17(26-16)27-9-15(23)20-8-12-3-2-6-24-12/h2-7,10H,8-9H2,1H3,(H,20,23)/t10-/m1/s1. The number of amides is 1. The number of aromatic nitrogens is 2. The molecule has 0 bridgehead atoms. The van der Waals surface area contributed by atoms with Crippen LogP contribution in [0, 0.1) is 0 Å². The van der Waals surface area contributed by atoms with E-state index < -0.39 is 6.10 Å². The Bertz CT molecular complexity index is 901. The van der Waals surface area contributed by atoms with Gasteiger partial charge in [-0.15, -0.1) is 10.2 Å². The molecular formula is C17H15Cl2N3O4S. The molecule has 0 unspecified atom stereocenters. The maximum atomic E-state index is 11.8. The van der Waals surface area contributed by atoms with E-state index in [2.05, 4.69) is 15.5 Å². The molecule has 0 saturated heterocycles. The van der Waals surface area contributed by atoms with Crippen molar-refractivity contribution >= 4 is 40.9 Å². The summed E-state index contributed by atoms with van der Waals surface area (Å²) in [5, 5.41) is 11.8. The average Bonchev–Trinajstić information content (AvgIpc) is 3.32. The highest BCUT2D eigenvalue weighted by atomic mass is 35.5. The summed E-state index contributed by atoms with van der Waals surface area (Å²) in [5.41, 5.74) is 0. The molecule has 2 heterocycles. The van der Waals surface area contributed by atoms with Gasteiger partial charge < -0.3 is 18.9 Å². The van der Waals surface area contributed by atoms with E-state index in [4.69, 9.17) is 36.8 Å². The van der Waals surface area contributed by atoms with Crippen molar-refractivity contribution in [1.82, 2.24) is 15.5 Å². The van der Waals surface area contributed by atoms with Gasteiger partial charge in [0.25, 0.3) is 11.1 Å². The van der Waals surface area contributed by atoms with Crippen LogP contribution in [0.15, 0.2) is 50.7 Å². The largest absolute Gasteiger partial charge is 0.479 e. The van der Waals surface area contributed by atoms with Crippen molar-refractivity contribution in [3.63, 3.8) is 0 Å².